The molecule has 1 fully saturated rings. The van der Waals surface area contributed by atoms with E-state index in [2.05, 4.69) is 38.3 Å². The second-order valence-corrected chi connectivity index (χ2v) is 8.22. The number of amides is 1. The van der Waals surface area contributed by atoms with Crippen molar-refractivity contribution in [3.63, 3.8) is 0 Å². The van der Waals surface area contributed by atoms with Crippen molar-refractivity contribution < 1.29 is 9.53 Å². The van der Waals surface area contributed by atoms with Gasteiger partial charge in [-0.2, -0.15) is 0 Å². The highest BCUT2D eigenvalue weighted by atomic mass is 16.6. The van der Waals surface area contributed by atoms with Crippen molar-refractivity contribution in [3.05, 3.63) is 0 Å². The lowest BCUT2D eigenvalue weighted by atomic mass is 9.95. The van der Waals surface area contributed by atoms with Crippen molar-refractivity contribution in [2.24, 2.45) is 11.8 Å². The molecule has 1 aliphatic rings. The van der Waals surface area contributed by atoms with E-state index >= 15 is 0 Å². The lowest BCUT2D eigenvalue weighted by Crippen LogP contribution is -2.40. The van der Waals surface area contributed by atoms with Crippen LogP contribution < -0.4 is 10.6 Å². The number of nitrogens with one attached hydrogen (secondary N) is 2. The average molecular weight is 298 g/mol. The standard InChI is InChI=1S/C17H34N2O2/c1-11(2)8-13(9-12(3)4)18-14-10-15(14)19-16(20)21-17(5,6)7/h11-15,18H,8-10H2,1-7H3,(H,19,20). The van der Waals surface area contributed by atoms with Gasteiger partial charge < -0.3 is 15.4 Å². The molecule has 21 heavy (non-hydrogen) atoms. The fourth-order valence-corrected chi connectivity index (χ4v) is 2.67. The number of rotatable bonds is 7. The molecule has 4 nitrogen and oxygen atoms in total. The highest BCUT2D eigenvalue weighted by Gasteiger charge is 2.40. The molecule has 0 aromatic heterocycles. The van der Waals surface area contributed by atoms with E-state index in [9.17, 15) is 4.79 Å². The predicted octanol–water partition coefficient (Wildman–Crippen LogP) is 3.70. The second kappa shape index (κ2) is 7.48. The van der Waals surface area contributed by atoms with Crippen LogP contribution in [0.5, 0.6) is 0 Å². The van der Waals surface area contributed by atoms with Gasteiger partial charge in [-0.3, -0.25) is 0 Å². The van der Waals surface area contributed by atoms with Gasteiger partial charge in [-0.15, -0.1) is 0 Å². The minimum Gasteiger partial charge on any atom is -0.444 e. The van der Waals surface area contributed by atoms with Crippen LogP contribution in [0.15, 0.2) is 0 Å². The van der Waals surface area contributed by atoms with Gasteiger partial charge >= 0.3 is 6.09 Å². The minimum absolute atomic E-state index is 0.224. The summed E-state index contributed by atoms with van der Waals surface area (Å²) in [4.78, 5) is 11.7. The van der Waals surface area contributed by atoms with Gasteiger partial charge in [-0.25, -0.2) is 4.79 Å². The number of hydrogen-bond acceptors (Lipinski definition) is 3. The Hall–Kier alpha value is -0.770. The Balaban J connectivity index is 2.34. The summed E-state index contributed by atoms with van der Waals surface area (Å²) in [5.41, 5.74) is -0.431. The van der Waals surface area contributed by atoms with E-state index in [1.165, 1.54) is 12.8 Å². The maximum Gasteiger partial charge on any atom is 0.407 e. The fourth-order valence-electron chi connectivity index (χ4n) is 2.67. The van der Waals surface area contributed by atoms with Crippen LogP contribution >= 0.6 is 0 Å². The molecule has 0 spiro atoms. The van der Waals surface area contributed by atoms with Crippen molar-refractivity contribution in [2.45, 2.75) is 91.5 Å². The van der Waals surface area contributed by atoms with E-state index in [-0.39, 0.29) is 12.1 Å². The van der Waals surface area contributed by atoms with Crippen LogP contribution in [0.3, 0.4) is 0 Å². The van der Waals surface area contributed by atoms with E-state index in [4.69, 9.17) is 4.74 Å². The zero-order valence-corrected chi connectivity index (χ0v) is 14.8. The van der Waals surface area contributed by atoms with Gasteiger partial charge in [-0.05, 0) is 51.9 Å². The molecule has 1 saturated carbocycles. The molecule has 124 valence electrons. The van der Waals surface area contributed by atoms with Crippen LogP contribution in [0.25, 0.3) is 0 Å². The highest BCUT2D eigenvalue weighted by Crippen LogP contribution is 2.25. The Labute approximate surface area is 130 Å². The van der Waals surface area contributed by atoms with E-state index in [0.717, 1.165) is 6.42 Å². The summed E-state index contributed by atoms with van der Waals surface area (Å²) in [6.45, 7) is 14.7. The number of carbonyl (C=O) groups excluding carboxylic acids is 1. The Kier molecular flexibility index (Phi) is 6.51. The van der Waals surface area contributed by atoms with Crippen LogP contribution in [0.2, 0.25) is 0 Å². The molecule has 4 heteroatoms. The summed E-state index contributed by atoms with van der Waals surface area (Å²) in [6, 6.07) is 1.17. The van der Waals surface area contributed by atoms with Gasteiger partial charge in [0.25, 0.3) is 0 Å². The van der Waals surface area contributed by atoms with E-state index in [0.29, 0.717) is 23.9 Å². The van der Waals surface area contributed by atoms with Crippen LogP contribution in [0, 0.1) is 11.8 Å². The Morgan fingerprint density at radius 2 is 1.62 bits per heavy atom. The van der Waals surface area contributed by atoms with Gasteiger partial charge in [0, 0.05) is 18.1 Å². The van der Waals surface area contributed by atoms with Crippen LogP contribution in [-0.4, -0.2) is 29.8 Å². The maximum atomic E-state index is 11.7. The molecule has 2 N–H and O–H groups in total. The molecule has 0 radical (unpaired) electrons. The number of alkyl carbamates (subject to hydrolysis) is 1. The van der Waals surface area contributed by atoms with Crippen molar-refractivity contribution in [1.82, 2.24) is 10.6 Å². The Morgan fingerprint density at radius 1 is 1.10 bits per heavy atom. The van der Waals surface area contributed by atoms with Crippen LogP contribution in [0.1, 0.15) is 67.7 Å². The summed E-state index contributed by atoms with van der Waals surface area (Å²) in [5.74, 6) is 1.38. The molecule has 2 unspecified atom stereocenters. The molecule has 0 bridgehead atoms. The van der Waals surface area contributed by atoms with Crippen LogP contribution in [0.4, 0.5) is 4.79 Å². The first-order valence-corrected chi connectivity index (χ1v) is 8.32. The summed E-state index contributed by atoms with van der Waals surface area (Å²) in [7, 11) is 0. The van der Waals surface area contributed by atoms with Crippen LogP contribution in [-0.2, 0) is 4.74 Å². The lowest BCUT2D eigenvalue weighted by molar-refractivity contribution is 0.0521. The van der Waals surface area contributed by atoms with E-state index in [1.807, 2.05) is 20.8 Å². The van der Waals surface area contributed by atoms with Gasteiger partial charge in [0.2, 0.25) is 0 Å². The zero-order valence-electron chi connectivity index (χ0n) is 14.8. The van der Waals surface area contributed by atoms with Gasteiger partial charge in [0.1, 0.15) is 5.60 Å². The topological polar surface area (TPSA) is 50.4 Å². The molecule has 1 rings (SSSR count). The molecule has 0 saturated heterocycles. The third-order valence-corrected chi connectivity index (χ3v) is 3.45. The van der Waals surface area contributed by atoms with Crippen molar-refractivity contribution in [3.8, 4) is 0 Å². The van der Waals surface area contributed by atoms with Gasteiger partial charge in [-0.1, -0.05) is 27.7 Å². The average Bonchev–Trinajstić information content (AvgIpc) is 2.89. The third kappa shape index (κ3) is 8.30. The van der Waals surface area contributed by atoms with Crippen molar-refractivity contribution in [2.75, 3.05) is 0 Å². The summed E-state index contributed by atoms with van der Waals surface area (Å²) >= 11 is 0. The third-order valence-electron chi connectivity index (χ3n) is 3.45. The minimum atomic E-state index is -0.431. The first kappa shape index (κ1) is 18.3. The monoisotopic (exact) mass is 298 g/mol. The summed E-state index contributed by atoms with van der Waals surface area (Å²) in [6.07, 6.45) is 3.08. The van der Waals surface area contributed by atoms with E-state index in [1.54, 1.807) is 0 Å². The largest absolute Gasteiger partial charge is 0.444 e. The normalized spacial score (nSPS) is 22.0. The quantitative estimate of drug-likeness (QED) is 0.753. The number of ether oxygens (including phenoxy) is 1. The SMILES string of the molecule is CC(C)CC(CC(C)C)NC1CC1NC(=O)OC(C)(C)C. The smallest absolute Gasteiger partial charge is 0.407 e. The molecule has 1 aliphatic carbocycles. The fraction of sp³-hybridized carbons (Fsp3) is 0.941. The summed E-state index contributed by atoms with van der Waals surface area (Å²) < 4.78 is 5.29. The number of hydrogen-bond donors (Lipinski definition) is 2. The molecular weight excluding hydrogens is 264 g/mol. The lowest BCUT2D eigenvalue weighted by Gasteiger charge is -2.23. The van der Waals surface area contributed by atoms with Crippen molar-refractivity contribution in [1.29, 1.82) is 0 Å². The first-order valence-electron chi connectivity index (χ1n) is 8.32. The molecule has 0 aromatic rings. The molecule has 0 aliphatic heterocycles. The molecule has 2 atom stereocenters. The molecule has 0 heterocycles. The van der Waals surface area contributed by atoms with Crippen molar-refractivity contribution >= 4 is 6.09 Å². The Morgan fingerprint density at radius 3 is 2.05 bits per heavy atom. The predicted molar refractivity (Wildman–Crippen MR) is 87.4 cm³/mol. The number of carbonyl (C=O) groups is 1. The Bertz CT molecular complexity index is 324. The van der Waals surface area contributed by atoms with Gasteiger partial charge in [0.05, 0.1) is 0 Å². The second-order valence-electron chi connectivity index (χ2n) is 8.22. The highest BCUT2D eigenvalue weighted by molar-refractivity contribution is 5.68. The molecular formula is C17H34N2O2. The maximum absolute atomic E-state index is 11.7. The van der Waals surface area contributed by atoms with Gasteiger partial charge in [0.15, 0.2) is 0 Å². The van der Waals surface area contributed by atoms with E-state index < -0.39 is 5.60 Å². The first-order chi connectivity index (χ1) is 9.56. The summed E-state index contributed by atoms with van der Waals surface area (Å²) in [5, 5.41) is 6.65. The molecule has 0 aromatic carbocycles. The molecule has 1 amide bonds. The zero-order chi connectivity index (χ0) is 16.2.